The summed E-state index contributed by atoms with van der Waals surface area (Å²) in [5.41, 5.74) is 3.19. The summed E-state index contributed by atoms with van der Waals surface area (Å²) >= 11 is 0. The topological polar surface area (TPSA) is 69.6 Å². The van der Waals surface area contributed by atoms with Crippen molar-refractivity contribution in [1.29, 1.82) is 0 Å². The van der Waals surface area contributed by atoms with Crippen LogP contribution in [0.4, 0.5) is 5.69 Å². The minimum absolute atomic E-state index is 0.0613. The van der Waals surface area contributed by atoms with Gasteiger partial charge in [0.15, 0.2) is 0 Å². The van der Waals surface area contributed by atoms with Crippen LogP contribution in [0.25, 0.3) is 0 Å². The average Bonchev–Trinajstić information content (AvgIpc) is 2.60. The fourth-order valence-electron chi connectivity index (χ4n) is 3.68. The van der Waals surface area contributed by atoms with Gasteiger partial charge in [-0.15, -0.1) is 0 Å². The molecule has 0 radical (unpaired) electrons. The van der Waals surface area contributed by atoms with Crippen molar-refractivity contribution < 1.29 is 14.7 Å². The molecular formula is C20H30N2O3. The highest BCUT2D eigenvalue weighted by atomic mass is 16.4. The van der Waals surface area contributed by atoms with Crippen molar-refractivity contribution in [3.05, 3.63) is 29.3 Å². The fourth-order valence-corrected chi connectivity index (χ4v) is 3.68. The second-order valence-electron chi connectivity index (χ2n) is 7.15. The molecule has 1 saturated heterocycles. The minimum atomic E-state index is -0.770. The molecule has 2 N–H and O–H groups in total. The van der Waals surface area contributed by atoms with Crippen molar-refractivity contribution in [2.24, 2.45) is 11.8 Å². The van der Waals surface area contributed by atoms with Crippen LogP contribution in [-0.4, -0.2) is 41.0 Å². The highest BCUT2D eigenvalue weighted by Gasteiger charge is 2.34. The zero-order chi connectivity index (χ0) is 18.6. The van der Waals surface area contributed by atoms with Crippen LogP contribution in [-0.2, 0) is 22.4 Å². The van der Waals surface area contributed by atoms with Gasteiger partial charge in [-0.3, -0.25) is 14.5 Å². The van der Waals surface area contributed by atoms with Crippen molar-refractivity contribution in [3.8, 4) is 0 Å². The lowest BCUT2D eigenvalue weighted by molar-refractivity contribution is -0.145. The van der Waals surface area contributed by atoms with Gasteiger partial charge in [0, 0.05) is 18.8 Å². The quantitative estimate of drug-likeness (QED) is 0.830. The highest BCUT2D eigenvalue weighted by Crippen LogP contribution is 2.26. The van der Waals surface area contributed by atoms with Crippen LogP contribution in [0.15, 0.2) is 18.2 Å². The first-order chi connectivity index (χ1) is 11.9. The Hall–Kier alpha value is -1.88. The number of hydrogen-bond acceptors (Lipinski definition) is 3. The van der Waals surface area contributed by atoms with Crippen LogP contribution in [0.2, 0.25) is 0 Å². The third kappa shape index (κ3) is 4.60. The van der Waals surface area contributed by atoms with Crippen LogP contribution in [0.3, 0.4) is 0 Å². The van der Waals surface area contributed by atoms with Crippen molar-refractivity contribution in [2.45, 2.75) is 53.0 Å². The molecule has 5 nitrogen and oxygen atoms in total. The molecule has 1 fully saturated rings. The highest BCUT2D eigenvalue weighted by molar-refractivity contribution is 5.96. The third-order valence-electron chi connectivity index (χ3n) is 5.21. The molecule has 3 unspecified atom stereocenters. The molecule has 1 aromatic carbocycles. The molecule has 1 heterocycles. The number of piperidine rings is 1. The molecule has 0 aliphatic carbocycles. The number of hydrogen-bond donors (Lipinski definition) is 2. The van der Waals surface area contributed by atoms with E-state index in [4.69, 9.17) is 0 Å². The van der Waals surface area contributed by atoms with E-state index in [0.29, 0.717) is 13.0 Å². The van der Waals surface area contributed by atoms with E-state index in [1.807, 2.05) is 36.9 Å². The van der Waals surface area contributed by atoms with E-state index in [0.717, 1.165) is 36.2 Å². The number of amides is 1. The van der Waals surface area contributed by atoms with Crippen LogP contribution in [0.1, 0.15) is 45.2 Å². The van der Waals surface area contributed by atoms with E-state index >= 15 is 0 Å². The maximum Gasteiger partial charge on any atom is 0.307 e. The number of likely N-dealkylation sites (tertiary alicyclic amines) is 1. The first-order valence-corrected chi connectivity index (χ1v) is 9.25. The lowest BCUT2D eigenvalue weighted by Crippen LogP contribution is -2.50. The molecule has 3 atom stereocenters. The lowest BCUT2D eigenvalue weighted by Gasteiger charge is -2.37. The van der Waals surface area contributed by atoms with E-state index in [9.17, 15) is 14.7 Å². The van der Waals surface area contributed by atoms with Gasteiger partial charge in [0.05, 0.1) is 12.0 Å². The number of rotatable bonds is 6. The van der Waals surface area contributed by atoms with Gasteiger partial charge in [-0.25, -0.2) is 0 Å². The molecule has 138 valence electrons. The summed E-state index contributed by atoms with van der Waals surface area (Å²) in [6.45, 7) is 9.27. The number of nitrogens with one attached hydrogen (secondary N) is 1. The Bertz CT molecular complexity index is 607. The summed E-state index contributed by atoms with van der Waals surface area (Å²) in [6.07, 6.45) is 2.40. The zero-order valence-corrected chi connectivity index (χ0v) is 15.7. The molecule has 0 saturated carbocycles. The van der Waals surface area contributed by atoms with E-state index < -0.39 is 11.9 Å². The number of carbonyl (C=O) groups excluding carboxylic acids is 1. The fraction of sp³-hybridized carbons (Fsp3) is 0.600. The number of aryl methyl sites for hydroxylation is 2. The summed E-state index contributed by atoms with van der Waals surface area (Å²) in [5.74, 6) is -0.949. The van der Waals surface area contributed by atoms with E-state index in [-0.39, 0.29) is 17.9 Å². The van der Waals surface area contributed by atoms with Crippen LogP contribution in [0, 0.1) is 11.8 Å². The first-order valence-electron chi connectivity index (χ1n) is 9.25. The summed E-state index contributed by atoms with van der Waals surface area (Å²) in [5, 5.41) is 12.4. The minimum Gasteiger partial charge on any atom is -0.481 e. The predicted octanol–water partition coefficient (Wildman–Crippen LogP) is 3.18. The maximum atomic E-state index is 12.8. The molecule has 0 spiro atoms. The number of carbonyl (C=O) groups is 2. The van der Waals surface area contributed by atoms with Gasteiger partial charge in [-0.2, -0.15) is 0 Å². The number of carboxylic acid groups (broad SMARTS) is 1. The normalized spacial score (nSPS) is 22.4. The second-order valence-corrected chi connectivity index (χ2v) is 7.15. The Morgan fingerprint density at radius 1 is 1.24 bits per heavy atom. The number of nitrogens with zero attached hydrogens (tertiary/aromatic N) is 1. The van der Waals surface area contributed by atoms with Crippen molar-refractivity contribution >= 4 is 17.6 Å². The molecule has 25 heavy (non-hydrogen) atoms. The second kappa shape index (κ2) is 8.48. The van der Waals surface area contributed by atoms with Gasteiger partial charge < -0.3 is 10.4 Å². The Morgan fingerprint density at radius 2 is 1.84 bits per heavy atom. The molecule has 0 aromatic heterocycles. The summed E-state index contributed by atoms with van der Waals surface area (Å²) in [7, 11) is 0. The lowest BCUT2D eigenvalue weighted by atomic mass is 9.89. The van der Waals surface area contributed by atoms with Crippen molar-refractivity contribution in [3.63, 3.8) is 0 Å². The zero-order valence-electron chi connectivity index (χ0n) is 15.7. The molecular weight excluding hydrogens is 316 g/mol. The summed E-state index contributed by atoms with van der Waals surface area (Å²) < 4.78 is 0. The standard InChI is InChI=1S/C20H30N2O3/c1-5-15-8-7-9-16(6-2)18(15)21-19(23)14(4)22-11-13(3)10-17(12-22)20(24)25/h7-9,13-14,17H,5-6,10-12H2,1-4H3,(H,21,23)(H,24,25). The van der Waals surface area contributed by atoms with Gasteiger partial charge in [0.25, 0.3) is 0 Å². The Morgan fingerprint density at radius 3 is 2.36 bits per heavy atom. The van der Waals surface area contributed by atoms with E-state index in [1.54, 1.807) is 0 Å². The van der Waals surface area contributed by atoms with Crippen LogP contribution in [0.5, 0.6) is 0 Å². The number of carboxylic acids is 1. The van der Waals surface area contributed by atoms with E-state index in [1.165, 1.54) is 0 Å². The number of benzene rings is 1. The predicted molar refractivity (Wildman–Crippen MR) is 99.8 cm³/mol. The van der Waals surface area contributed by atoms with Gasteiger partial charge in [0.1, 0.15) is 0 Å². The third-order valence-corrected chi connectivity index (χ3v) is 5.21. The Balaban J connectivity index is 2.14. The summed E-state index contributed by atoms with van der Waals surface area (Å²) in [6, 6.07) is 5.77. The van der Waals surface area contributed by atoms with Crippen molar-refractivity contribution in [2.75, 3.05) is 18.4 Å². The van der Waals surface area contributed by atoms with Crippen LogP contribution >= 0.6 is 0 Å². The van der Waals surface area contributed by atoms with Crippen LogP contribution < -0.4 is 5.32 Å². The van der Waals surface area contributed by atoms with Gasteiger partial charge >= 0.3 is 5.97 Å². The average molecular weight is 346 g/mol. The molecule has 1 aromatic rings. The molecule has 5 heteroatoms. The molecule has 1 amide bonds. The smallest absolute Gasteiger partial charge is 0.307 e. The maximum absolute atomic E-state index is 12.8. The summed E-state index contributed by atoms with van der Waals surface area (Å²) in [4.78, 5) is 26.2. The molecule has 0 bridgehead atoms. The SMILES string of the molecule is CCc1cccc(CC)c1NC(=O)C(C)N1CC(C)CC(C(=O)O)C1. The van der Waals surface area contributed by atoms with Gasteiger partial charge in [0.2, 0.25) is 5.91 Å². The van der Waals surface area contributed by atoms with E-state index in [2.05, 4.69) is 19.2 Å². The monoisotopic (exact) mass is 346 g/mol. The number of aliphatic carboxylic acids is 1. The Kier molecular flexibility index (Phi) is 6.59. The first kappa shape index (κ1) is 19.4. The molecule has 1 aliphatic heterocycles. The largest absolute Gasteiger partial charge is 0.481 e. The number of anilines is 1. The van der Waals surface area contributed by atoms with Gasteiger partial charge in [-0.05, 0) is 43.2 Å². The molecule has 1 aliphatic rings. The van der Waals surface area contributed by atoms with Gasteiger partial charge in [-0.1, -0.05) is 39.0 Å². The molecule has 2 rings (SSSR count). The Labute approximate surface area is 150 Å². The number of para-hydroxylation sites is 1. The van der Waals surface area contributed by atoms with Crippen molar-refractivity contribution in [1.82, 2.24) is 4.90 Å².